The molecule has 0 heterocycles. The van der Waals surface area contributed by atoms with Gasteiger partial charge in [-0.25, -0.2) is 4.39 Å². The summed E-state index contributed by atoms with van der Waals surface area (Å²) in [5.41, 5.74) is 0.843. The molecule has 1 aromatic rings. The van der Waals surface area contributed by atoms with Crippen LogP contribution in [0.2, 0.25) is 0 Å². The number of terminal acetylenes is 1. The number of aryl methyl sites for hydroxylation is 1. The van der Waals surface area contributed by atoms with Gasteiger partial charge in [-0.05, 0) is 30.2 Å². The van der Waals surface area contributed by atoms with Gasteiger partial charge in [0.25, 0.3) is 0 Å². The summed E-state index contributed by atoms with van der Waals surface area (Å²) in [6.07, 6.45) is 5.78. The van der Waals surface area contributed by atoms with Crippen molar-refractivity contribution in [2.24, 2.45) is 0 Å². The first-order valence-electron chi connectivity index (χ1n) is 4.12. The van der Waals surface area contributed by atoms with E-state index in [1.165, 1.54) is 12.1 Å². The lowest BCUT2D eigenvalue weighted by molar-refractivity contribution is 0.365. The molecular weight excluding hydrogens is 167 g/mol. The number of rotatable bonds is 3. The fourth-order valence-electron chi connectivity index (χ4n) is 1.08. The van der Waals surface area contributed by atoms with Crippen molar-refractivity contribution in [2.45, 2.75) is 13.3 Å². The quantitative estimate of drug-likeness (QED) is 0.646. The van der Waals surface area contributed by atoms with Gasteiger partial charge < -0.3 is 4.74 Å². The molecule has 13 heavy (non-hydrogen) atoms. The average Bonchev–Trinajstić information content (AvgIpc) is 2.16. The van der Waals surface area contributed by atoms with Gasteiger partial charge in [0.15, 0.2) is 0 Å². The topological polar surface area (TPSA) is 9.23 Å². The fourth-order valence-corrected chi connectivity index (χ4v) is 1.08. The molecule has 0 saturated heterocycles. The first kappa shape index (κ1) is 9.60. The number of benzene rings is 1. The molecule has 0 fully saturated rings. The Morgan fingerprint density at radius 1 is 1.54 bits per heavy atom. The first-order valence-corrected chi connectivity index (χ1v) is 4.12. The summed E-state index contributed by atoms with van der Waals surface area (Å²) >= 11 is 0. The molecule has 0 bridgehead atoms. The smallest absolute Gasteiger partial charge is 0.148 e. The number of halogens is 1. The molecule has 0 atom stereocenters. The second-order valence-electron chi connectivity index (χ2n) is 2.60. The van der Waals surface area contributed by atoms with Gasteiger partial charge in [0.1, 0.15) is 18.2 Å². The third-order valence-electron chi connectivity index (χ3n) is 1.71. The van der Waals surface area contributed by atoms with E-state index in [4.69, 9.17) is 11.2 Å². The fraction of sp³-hybridized carbons (Fsp3) is 0.273. The molecule has 0 aliphatic rings. The lowest BCUT2D eigenvalue weighted by Gasteiger charge is -2.07. The van der Waals surface area contributed by atoms with Crippen LogP contribution >= 0.6 is 0 Å². The number of hydrogen-bond acceptors (Lipinski definition) is 1. The van der Waals surface area contributed by atoms with E-state index in [1.807, 2.05) is 6.92 Å². The van der Waals surface area contributed by atoms with Crippen molar-refractivity contribution < 1.29 is 9.13 Å². The van der Waals surface area contributed by atoms with Gasteiger partial charge in [-0.2, -0.15) is 0 Å². The Morgan fingerprint density at radius 3 is 2.92 bits per heavy atom. The SMILES string of the molecule is C#CCOc1ccc(F)cc1CC. The average molecular weight is 178 g/mol. The van der Waals surface area contributed by atoms with Crippen LogP contribution in [0.5, 0.6) is 5.75 Å². The van der Waals surface area contributed by atoms with E-state index in [0.717, 1.165) is 12.0 Å². The minimum absolute atomic E-state index is 0.221. The number of hydrogen-bond donors (Lipinski definition) is 0. The van der Waals surface area contributed by atoms with Gasteiger partial charge in [0, 0.05) is 0 Å². The Balaban J connectivity index is 2.87. The minimum Gasteiger partial charge on any atom is -0.481 e. The zero-order chi connectivity index (χ0) is 9.68. The standard InChI is InChI=1S/C11H11FO/c1-3-7-13-11-6-5-10(12)8-9(11)4-2/h1,5-6,8H,4,7H2,2H3. The molecule has 0 spiro atoms. The molecule has 0 saturated carbocycles. The highest BCUT2D eigenvalue weighted by Crippen LogP contribution is 2.19. The maximum absolute atomic E-state index is 12.8. The van der Waals surface area contributed by atoms with Crippen molar-refractivity contribution in [1.29, 1.82) is 0 Å². The van der Waals surface area contributed by atoms with Crippen LogP contribution in [0.25, 0.3) is 0 Å². The molecule has 0 radical (unpaired) electrons. The van der Waals surface area contributed by atoms with Gasteiger partial charge in [-0.1, -0.05) is 12.8 Å². The Bertz CT molecular complexity index is 325. The molecule has 1 aromatic carbocycles. The molecule has 0 unspecified atom stereocenters. The van der Waals surface area contributed by atoms with Crippen LogP contribution in [0.1, 0.15) is 12.5 Å². The highest BCUT2D eigenvalue weighted by molar-refractivity contribution is 5.34. The van der Waals surface area contributed by atoms with Crippen molar-refractivity contribution in [3.8, 4) is 18.1 Å². The van der Waals surface area contributed by atoms with Crippen molar-refractivity contribution in [1.82, 2.24) is 0 Å². The Morgan fingerprint density at radius 2 is 2.31 bits per heavy atom. The summed E-state index contributed by atoms with van der Waals surface area (Å²) < 4.78 is 18.0. The maximum atomic E-state index is 12.8. The monoisotopic (exact) mass is 178 g/mol. The van der Waals surface area contributed by atoms with E-state index < -0.39 is 0 Å². The van der Waals surface area contributed by atoms with E-state index in [1.54, 1.807) is 6.07 Å². The first-order chi connectivity index (χ1) is 6.27. The molecule has 68 valence electrons. The molecule has 0 aliphatic carbocycles. The molecule has 1 rings (SSSR count). The van der Waals surface area contributed by atoms with Crippen LogP contribution in [-0.4, -0.2) is 6.61 Å². The Kier molecular flexibility index (Phi) is 3.33. The van der Waals surface area contributed by atoms with Crippen LogP contribution in [-0.2, 0) is 6.42 Å². The van der Waals surface area contributed by atoms with Crippen LogP contribution in [0.4, 0.5) is 4.39 Å². The predicted molar refractivity (Wildman–Crippen MR) is 50.1 cm³/mol. The molecule has 0 N–H and O–H groups in total. The number of ether oxygens (including phenoxy) is 1. The molecule has 0 amide bonds. The van der Waals surface area contributed by atoms with Gasteiger partial charge >= 0.3 is 0 Å². The summed E-state index contributed by atoms with van der Waals surface area (Å²) in [5, 5.41) is 0. The molecule has 1 nitrogen and oxygen atoms in total. The Hall–Kier alpha value is -1.49. The van der Waals surface area contributed by atoms with E-state index >= 15 is 0 Å². The predicted octanol–water partition coefficient (Wildman–Crippen LogP) is 2.40. The van der Waals surface area contributed by atoms with Crippen LogP contribution in [0.3, 0.4) is 0 Å². The van der Waals surface area contributed by atoms with Crippen molar-refractivity contribution in [2.75, 3.05) is 6.61 Å². The second-order valence-corrected chi connectivity index (χ2v) is 2.60. The van der Waals surface area contributed by atoms with Crippen LogP contribution < -0.4 is 4.74 Å². The summed E-state index contributed by atoms with van der Waals surface area (Å²) in [5.74, 6) is 2.79. The van der Waals surface area contributed by atoms with E-state index in [9.17, 15) is 4.39 Å². The van der Waals surface area contributed by atoms with Crippen LogP contribution in [0.15, 0.2) is 18.2 Å². The summed E-state index contributed by atoms with van der Waals surface area (Å²) in [4.78, 5) is 0. The summed E-state index contributed by atoms with van der Waals surface area (Å²) in [7, 11) is 0. The highest BCUT2D eigenvalue weighted by atomic mass is 19.1. The largest absolute Gasteiger partial charge is 0.481 e. The molecule has 2 heteroatoms. The van der Waals surface area contributed by atoms with Gasteiger partial charge in [0.05, 0.1) is 0 Å². The van der Waals surface area contributed by atoms with E-state index in [2.05, 4.69) is 5.92 Å². The van der Waals surface area contributed by atoms with Gasteiger partial charge in [-0.15, -0.1) is 6.42 Å². The van der Waals surface area contributed by atoms with Crippen LogP contribution in [0, 0.1) is 18.2 Å². The lowest BCUT2D eigenvalue weighted by Crippen LogP contribution is -1.97. The normalized spacial score (nSPS) is 9.31. The highest BCUT2D eigenvalue weighted by Gasteiger charge is 2.02. The molecule has 0 aliphatic heterocycles. The lowest BCUT2D eigenvalue weighted by atomic mass is 10.1. The third-order valence-corrected chi connectivity index (χ3v) is 1.71. The minimum atomic E-state index is -0.245. The second kappa shape index (κ2) is 4.51. The van der Waals surface area contributed by atoms with Gasteiger partial charge in [0.2, 0.25) is 0 Å². The maximum Gasteiger partial charge on any atom is 0.148 e. The van der Waals surface area contributed by atoms with Crippen molar-refractivity contribution in [3.05, 3.63) is 29.6 Å². The van der Waals surface area contributed by atoms with E-state index in [0.29, 0.717) is 5.75 Å². The Labute approximate surface area is 77.5 Å². The van der Waals surface area contributed by atoms with Crippen molar-refractivity contribution >= 4 is 0 Å². The van der Waals surface area contributed by atoms with Gasteiger partial charge in [-0.3, -0.25) is 0 Å². The summed E-state index contributed by atoms with van der Waals surface area (Å²) in [6, 6.07) is 4.43. The zero-order valence-electron chi connectivity index (χ0n) is 7.51. The van der Waals surface area contributed by atoms with Crippen molar-refractivity contribution in [3.63, 3.8) is 0 Å². The van der Waals surface area contributed by atoms with E-state index in [-0.39, 0.29) is 12.4 Å². The summed E-state index contributed by atoms with van der Waals surface area (Å²) in [6.45, 7) is 2.16. The molecular formula is C11H11FO. The zero-order valence-corrected chi connectivity index (χ0v) is 7.51. The molecule has 0 aromatic heterocycles. The third kappa shape index (κ3) is 2.48.